The van der Waals surface area contributed by atoms with Crippen molar-refractivity contribution < 1.29 is 14.4 Å². The molecule has 2 unspecified atom stereocenters. The van der Waals surface area contributed by atoms with Crippen LogP contribution in [0, 0.1) is 0 Å². The number of carbonyl (C=O) groups excluding carboxylic acids is 3. The Balaban J connectivity index is 1.34. The van der Waals surface area contributed by atoms with Gasteiger partial charge in [0.2, 0.25) is 11.8 Å². The Labute approximate surface area is 164 Å². The number of nitrogens with zero attached hydrogens (tertiary/aromatic N) is 2. The molecule has 3 saturated heterocycles. The molecule has 28 heavy (non-hydrogen) atoms. The van der Waals surface area contributed by atoms with Crippen molar-refractivity contribution in [1.29, 1.82) is 0 Å². The minimum absolute atomic E-state index is 0.0956. The van der Waals surface area contributed by atoms with E-state index >= 15 is 0 Å². The smallest absolute Gasteiger partial charge is 0.255 e. The molecule has 1 aromatic rings. The highest BCUT2D eigenvalue weighted by Crippen LogP contribution is 2.34. The summed E-state index contributed by atoms with van der Waals surface area (Å²) in [6, 6.07) is 5.35. The van der Waals surface area contributed by atoms with Gasteiger partial charge in [-0.2, -0.15) is 0 Å². The van der Waals surface area contributed by atoms with Gasteiger partial charge in [-0.3, -0.25) is 24.6 Å². The van der Waals surface area contributed by atoms with Crippen molar-refractivity contribution in [2.24, 2.45) is 0 Å². The zero-order valence-electron chi connectivity index (χ0n) is 16.0. The Morgan fingerprint density at radius 3 is 2.86 bits per heavy atom. The maximum atomic E-state index is 13.0. The lowest BCUT2D eigenvalue weighted by Crippen LogP contribution is -2.52. The molecule has 4 aliphatic heterocycles. The summed E-state index contributed by atoms with van der Waals surface area (Å²) in [6.07, 6.45) is 4.37. The molecule has 3 fully saturated rings. The first-order valence-corrected chi connectivity index (χ1v) is 10.3. The van der Waals surface area contributed by atoms with E-state index in [1.165, 1.54) is 24.8 Å². The third-order valence-corrected chi connectivity index (χ3v) is 6.84. The highest BCUT2D eigenvalue weighted by Gasteiger charge is 2.42. The number of amides is 3. The quantitative estimate of drug-likeness (QED) is 0.755. The molecule has 7 nitrogen and oxygen atoms in total. The zero-order valence-corrected chi connectivity index (χ0v) is 16.0. The van der Waals surface area contributed by atoms with E-state index in [9.17, 15) is 14.4 Å². The first-order chi connectivity index (χ1) is 13.5. The van der Waals surface area contributed by atoms with Crippen LogP contribution < -0.4 is 10.6 Å². The number of hydrogen-bond donors (Lipinski definition) is 2. The molecule has 0 bridgehead atoms. The van der Waals surface area contributed by atoms with E-state index in [-0.39, 0.29) is 29.7 Å². The molecule has 4 aliphatic rings. The van der Waals surface area contributed by atoms with E-state index in [1.54, 1.807) is 4.90 Å². The molecule has 148 valence electrons. The van der Waals surface area contributed by atoms with Crippen LogP contribution in [0.4, 0.5) is 0 Å². The van der Waals surface area contributed by atoms with Crippen LogP contribution in [0.2, 0.25) is 0 Å². The number of benzene rings is 1. The number of nitrogens with one attached hydrogen (secondary N) is 2. The van der Waals surface area contributed by atoms with Crippen molar-refractivity contribution >= 4 is 17.7 Å². The van der Waals surface area contributed by atoms with Crippen LogP contribution in [0.3, 0.4) is 0 Å². The standard InChI is InChI=1S/C21H26N4O3/c26-18-6-5-17(19(27)23-18)25-12-16-14(3-1-4-15(16)20(25)28)11-24-10-8-21(13-24)7-2-9-22-21/h1,3-4,17,22H,2,5-13H2,(H,23,26,27). The Bertz CT molecular complexity index is 846. The van der Waals surface area contributed by atoms with E-state index < -0.39 is 6.04 Å². The number of likely N-dealkylation sites (tertiary alicyclic amines) is 1. The zero-order chi connectivity index (χ0) is 19.3. The average Bonchev–Trinajstić information content (AvgIpc) is 3.38. The lowest BCUT2D eigenvalue weighted by Gasteiger charge is -2.29. The van der Waals surface area contributed by atoms with Crippen LogP contribution in [0.5, 0.6) is 0 Å². The fourth-order valence-corrected chi connectivity index (χ4v) is 5.35. The second-order valence-electron chi connectivity index (χ2n) is 8.61. The summed E-state index contributed by atoms with van der Waals surface area (Å²) in [5, 5.41) is 6.06. The molecule has 7 heteroatoms. The minimum atomic E-state index is -0.553. The molecule has 1 aromatic carbocycles. The Kier molecular flexibility index (Phi) is 4.25. The molecule has 5 rings (SSSR count). The summed E-state index contributed by atoms with van der Waals surface area (Å²) in [6.45, 7) is 4.53. The van der Waals surface area contributed by atoms with Crippen molar-refractivity contribution in [1.82, 2.24) is 20.4 Å². The normalized spacial score (nSPS) is 30.4. The van der Waals surface area contributed by atoms with Crippen molar-refractivity contribution in [3.8, 4) is 0 Å². The summed E-state index contributed by atoms with van der Waals surface area (Å²) in [4.78, 5) is 40.8. The fraction of sp³-hybridized carbons (Fsp3) is 0.571. The predicted octanol–water partition coefficient (Wildman–Crippen LogP) is 0.776. The third kappa shape index (κ3) is 2.93. The Hall–Kier alpha value is -2.25. The lowest BCUT2D eigenvalue weighted by atomic mass is 9.97. The van der Waals surface area contributed by atoms with Gasteiger partial charge in [0.1, 0.15) is 6.04 Å². The maximum Gasteiger partial charge on any atom is 0.255 e. The van der Waals surface area contributed by atoms with E-state index in [0.29, 0.717) is 18.5 Å². The van der Waals surface area contributed by atoms with Gasteiger partial charge in [-0.05, 0) is 49.4 Å². The number of hydrogen-bond acceptors (Lipinski definition) is 5. The van der Waals surface area contributed by atoms with Gasteiger partial charge in [0.05, 0.1) is 0 Å². The van der Waals surface area contributed by atoms with Gasteiger partial charge < -0.3 is 10.2 Å². The fourth-order valence-electron chi connectivity index (χ4n) is 5.35. The number of piperidine rings is 1. The van der Waals surface area contributed by atoms with Crippen LogP contribution in [-0.2, 0) is 22.7 Å². The third-order valence-electron chi connectivity index (χ3n) is 6.84. The number of fused-ring (bicyclic) bond motifs is 1. The molecule has 3 amide bonds. The Morgan fingerprint density at radius 2 is 2.07 bits per heavy atom. The largest absolute Gasteiger partial charge is 0.322 e. The van der Waals surface area contributed by atoms with Gasteiger partial charge in [0, 0.05) is 43.7 Å². The predicted molar refractivity (Wildman–Crippen MR) is 102 cm³/mol. The van der Waals surface area contributed by atoms with E-state index in [1.807, 2.05) is 12.1 Å². The molecular weight excluding hydrogens is 356 g/mol. The van der Waals surface area contributed by atoms with Crippen LogP contribution in [0.1, 0.15) is 53.6 Å². The molecule has 2 atom stereocenters. The maximum absolute atomic E-state index is 13.0. The number of imide groups is 1. The molecule has 4 heterocycles. The molecular formula is C21H26N4O3. The minimum Gasteiger partial charge on any atom is -0.322 e. The van der Waals surface area contributed by atoms with E-state index in [2.05, 4.69) is 21.6 Å². The molecule has 1 spiro atoms. The van der Waals surface area contributed by atoms with Gasteiger partial charge in [-0.1, -0.05) is 12.1 Å². The monoisotopic (exact) mass is 382 g/mol. The number of carbonyl (C=O) groups is 3. The SMILES string of the molecule is O=C1CCC(N2Cc3c(CN4CCC5(CCCN5)C4)cccc3C2=O)C(=O)N1. The molecule has 0 saturated carbocycles. The summed E-state index contributed by atoms with van der Waals surface area (Å²) in [5.41, 5.74) is 3.20. The van der Waals surface area contributed by atoms with Crippen molar-refractivity contribution in [2.75, 3.05) is 19.6 Å². The van der Waals surface area contributed by atoms with E-state index in [0.717, 1.165) is 31.7 Å². The van der Waals surface area contributed by atoms with Gasteiger partial charge in [0.25, 0.3) is 5.91 Å². The molecule has 0 radical (unpaired) electrons. The Morgan fingerprint density at radius 1 is 1.18 bits per heavy atom. The van der Waals surface area contributed by atoms with Crippen LogP contribution >= 0.6 is 0 Å². The molecule has 0 aliphatic carbocycles. The van der Waals surface area contributed by atoms with Crippen molar-refractivity contribution in [3.05, 3.63) is 34.9 Å². The topological polar surface area (TPSA) is 81.8 Å². The second-order valence-corrected chi connectivity index (χ2v) is 8.61. The number of rotatable bonds is 3. The van der Waals surface area contributed by atoms with Crippen molar-refractivity contribution in [2.45, 2.75) is 56.8 Å². The molecule has 2 N–H and O–H groups in total. The van der Waals surface area contributed by atoms with Gasteiger partial charge in [0.15, 0.2) is 0 Å². The summed E-state index contributed by atoms with van der Waals surface area (Å²) in [5.74, 6) is -0.705. The summed E-state index contributed by atoms with van der Waals surface area (Å²) in [7, 11) is 0. The van der Waals surface area contributed by atoms with Gasteiger partial charge in [-0.15, -0.1) is 0 Å². The first kappa shape index (κ1) is 17.8. The average molecular weight is 382 g/mol. The summed E-state index contributed by atoms with van der Waals surface area (Å²) < 4.78 is 0. The van der Waals surface area contributed by atoms with Gasteiger partial charge >= 0.3 is 0 Å². The lowest BCUT2D eigenvalue weighted by molar-refractivity contribution is -0.136. The van der Waals surface area contributed by atoms with Crippen molar-refractivity contribution in [3.63, 3.8) is 0 Å². The summed E-state index contributed by atoms with van der Waals surface area (Å²) >= 11 is 0. The van der Waals surface area contributed by atoms with E-state index in [4.69, 9.17) is 0 Å². The van der Waals surface area contributed by atoms with Crippen LogP contribution in [-0.4, -0.2) is 58.7 Å². The highest BCUT2D eigenvalue weighted by atomic mass is 16.2. The van der Waals surface area contributed by atoms with Crippen LogP contribution in [0.25, 0.3) is 0 Å². The second kappa shape index (κ2) is 6.67. The van der Waals surface area contributed by atoms with Gasteiger partial charge in [-0.25, -0.2) is 0 Å². The first-order valence-electron chi connectivity index (χ1n) is 10.3. The highest BCUT2D eigenvalue weighted by molar-refractivity contribution is 6.05. The van der Waals surface area contributed by atoms with Crippen LogP contribution in [0.15, 0.2) is 18.2 Å². The molecule has 0 aromatic heterocycles.